The molecule has 0 bridgehead atoms. The fraction of sp³-hybridized carbons (Fsp3) is 0.381. The zero-order valence-corrected chi connectivity index (χ0v) is 15.8. The normalized spacial score (nSPS) is 14.7. The summed E-state index contributed by atoms with van der Waals surface area (Å²) in [5, 5.41) is 3.00. The van der Waals surface area contributed by atoms with Crippen molar-refractivity contribution < 1.29 is 14.3 Å². The highest BCUT2D eigenvalue weighted by Gasteiger charge is 2.25. The third-order valence-corrected chi connectivity index (χ3v) is 4.88. The molecule has 6 nitrogen and oxygen atoms in total. The van der Waals surface area contributed by atoms with E-state index in [2.05, 4.69) is 10.3 Å². The van der Waals surface area contributed by atoms with Crippen LogP contribution in [0.4, 0.5) is 0 Å². The summed E-state index contributed by atoms with van der Waals surface area (Å²) in [6, 6.07) is 11.2. The molecule has 2 amide bonds. The van der Waals surface area contributed by atoms with Gasteiger partial charge in [-0.25, -0.2) is 0 Å². The van der Waals surface area contributed by atoms with E-state index in [9.17, 15) is 9.59 Å². The predicted molar refractivity (Wildman–Crippen MR) is 103 cm³/mol. The zero-order chi connectivity index (χ0) is 19.2. The Balaban J connectivity index is 1.42. The van der Waals surface area contributed by atoms with E-state index in [0.717, 1.165) is 18.4 Å². The molecular formula is C21H25N3O3. The highest BCUT2D eigenvalue weighted by atomic mass is 16.5. The molecule has 2 aromatic rings. The maximum atomic E-state index is 12.4. The van der Waals surface area contributed by atoms with Gasteiger partial charge in [0.05, 0.1) is 0 Å². The molecule has 1 aromatic heterocycles. The van der Waals surface area contributed by atoms with Crippen LogP contribution in [-0.4, -0.2) is 47.4 Å². The molecule has 6 heteroatoms. The number of piperidine rings is 1. The molecule has 0 atom stereocenters. The van der Waals surface area contributed by atoms with Crippen molar-refractivity contribution in [2.24, 2.45) is 0 Å². The van der Waals surface area contributed by atoms with Gasteiger partial charge in [0.1, 0.15) is 11.4 Å². The van der Waals surface area contributed by atoms with Gasteiger partial charge in [0, 0.05) is 25.3 Å². The van der Waals surface area contributed by atoms with E-state index >= 15 is 0 Å². The van der Waals surface area contributed by atoms with Crippen molar-refractivity contribution in [3.63, 3.8) is 0 Å². The SMILES string of the molecule is Cc1ccc(OCC(=O)NC2CCN(C(=O)c3ccccn3)CC2)cc1C. The van der Waals surface area contributed by atoms with Crippen molar-refractivity contribution in [2.45, 2.75) is 32.7 Å². The first kappa shape index (κ1) is 18.9. The summed E-state index contributed by atoms with van der Waals surface area (Å²) in [5.41, 5.74) is 2.79. The van der Waals surface area contributed by atoms with Crippen LogP contribution in [0.15, 0.2) is 42.6 Å². The number of ether oxygens (including phenoxy) is 1. The molecule has 1 saturated heterocycles. The summed E-state index contributed by atoms with van der Waals surface area (Å²) in [6.45, 7) is 5.27. The van der Waals surface area contributed by atoms with Crippen LogP contribution in [0.2, 0.25) is 0 Å². The number of pyridine rings is 1. The Morgan fingerprint density at radius 1 is 1.15 bits per heavy atom. The highest BCUT2D eigenvalue weighted by Crippen LogP contribution is 2.16. The Bertz CT molecular complexity index is 800. The van der Waals surface area contributed by atoms with Crippen LogP contribution in [0, 0.1) is 13.8 Å². The van der Waals surface area contributed by atoms with E-state index in [-0.39, 0.29) is 24.5 Å². The van der Waals surface area contributed by atoms with E-state index in [0.29, 0.717) is 24.5 Å². The fourth-order valence-corrected chi connectivity index (χ4v) is 3.10. The van der Waals surface area contributed by atoms with Crippen molar-refractivity contribution >= 4 is 11.8 Å². The van der Waals surface area contributed by atoms with Gasteiger partial charge in [-0.2, -0.15) is 0 Å². The third kappa shape index (κ3) is 5.06. The van der Waals surface area contributed by atoms with Crippen LogP contribution >= 0.6 is 0 Å². The number of amides is 2. The van der Waals surface area contributed by atoms with E-state index in [1.807, 2.05) is 38.1 Å². The second-order valence-electron chi connectivity index (χ2n) is 6.88. The van der Waals surface area contributed by atoms with E-state index in [4.69, 9.17) is 4.74 Å². The highest BCUT2D eigenvalue weighted by molar-refractivity contribution is 5.92. The molecule has 1 fully saturated rings. The molecule has 0 spiro atoms. The maximum Gasteiger partial charge on any atom is 0.272 e. The van der Waals surface area contributed by atoms with Gasteiger partial charge in [-0.15, -0.1) is 0 Å². The molecule has 1 aliphatic heterocycles. The van der Waals surface area contributed by atoms with Gasteiger partial charge >= 0.3 is 0 Å². The lowest BCUT2D eigenvalue weighted by molar-refractivity contribution is -0.124. The van der Waals surface area contributed by atoms with Crippen LogP contribution in [-0.2, 0) is 4.79 Å². The molecule has 0 saturated carbocycles. The van der Waals surface area contributed by atoms with Crippen molar-refractivity contribution in [3.8, 4) is 5.75 Å². The Kier molecular flexibility index (Phi) is 6.06. The Morgan fingerprint density at radius 2 is 1.93 bits per heavy atom. The summed E-state index contributed by atoms with van der Waals surface area (Å²) in [5.74, 6) is 0.505. The number of nitrogens with one attached hydrogen (secondary N) is 1. The van der Waals surface area contributed by atoms with Crippen LogP contribution in [0.5, 0.6) is 5.75 Å². The van der Waals surface area contributed by atoms with Gasteiger partial charge in [0.2, 0.25) is 0 Å². The van der Waals surface area contributed by atoms with Crippen LogP contribution in [0.3, 0.4) is 0 Å². The molecule has 0 radical (unpaired) electrons. The minimum Gasteiger partial charge on any atom is -0.484 e. The lowest BCUT2D eigenvalue weighted by Crippen LogP contribution is -2.47. The molecule has 1 N–H and O–H groups in total. The fourth-order valence-electron chi connectivity index (χ4n) is 3.10. The van der Waals surface area contributed by atoms with Crippen molar-refractivity contribution in [2.75, 3.05) is 19.7 Å². The number of nitrogens with zero attached hydrogens (tertiary/aromatic N) is 2. The number of likely N-dealkylation sites (tertiary alicyclic amines) is 1. The van der Waals surface area contributed by atoms with Crippen LogP contribution in [0.25, 0.3) is 0 Å². The molecule has 142 valence electrons. The molecule has 2 heterocycles. The minimum absolute atomic E-state index is 0.00438. The lowest BCUT2D eigenvalue weighted by Gasteiger charge is -2.32. The minimum atomic E-state index is -0.136. The molecule has 1 aromatic carbocycles. The second kappa shape index (κ2) is 8.66. The first-order valence-electron chi connectivity index (χ1n) is 9.22. The number of benzene rings is 1. The van der Waals surface area contributed by atoms with E-state index in [1.165, 1.54) is 5.56 Å². The van der Waals surface area contributed by atoms with Crippen molar-refractivity contribution in [1.82, 2.24) is 15.2 Å². The Hall–Kier alpha value is -2.89. The Labute approximate surface area is 159 Å². The van der Waals surface area contributed by atoms with Crippen LogP contribution in [0.1, 0.15) is 34.5 Å². The number of aryl methyl sites for hydroxylation is 2. The lowest BCUT2D eigenvalue weighted by atomic mass is 10.0. The number of rotatable bonds is 5. The quantitative estimate of drug-likeness (QED) is 0.881. The molecule has 27 heavy (non-hydrogen) atoms. The van der Waals surface area contributed by atoms with Gasteiger partial charge in [0.15, 0.2) is 6.61 Å². The Morgan fingerprint density at radius 3 is 2.59 bits per heavy atom. The van der Waals surface area contributed by atoms with Gasteiger partial charge < -0.3 is 15.0 Å². The first-order chi connectivity index (χ1) is 13.0. The van der Waals surface area contributed by atoms with Gasteiger partial charge in [0.25, 0.3) is 11.8 Å². The monoisotopic (exact) mass is 367 g/mol. The summed E-state index contributed by atoms with van der Waals surface area (Å²) >= 11 is 0. The van der Waals surface area contributed by atoms with Gasteiger partial charge in [-0.05, 0) is 62.1 Å². The summed E-state index contributed by atoms with van der Waals surface area (Å²) in [4.78, 5) is 30.4. The number of aromatic nitrogens is 1. The molecule has 1 aliphatic rings. The number of hydrogen-bond acceptors (Lipinski definition) is 4. The van der Waals surface area contributed by atoms with E-state index in [1.54, 1.807) is 23.2 Å². The number of carbonyl (C=O) groups excluding carboxylic acids is 2. The van der Waals surface area contributed by atoms with Gasteiger partial charge in [-0.1, -0.05) is 12.1 Å². The smallest absolute Gasteiger partial charge is 0.272 e. The van der Waals surface area contributed by atoms with Crippen LogP contribution < -0.4 is 10.1 Å². The average Bonchev–Trinajstić information content (AvgIpc) is 2.69. The average molecular weight is 367 g/mol. The molecule has 0 unspecified atom stereocenters. The van der Waals surface area contributed by atoms with E-state index < -0.39 is 0 Å². The summed E-state index contributed by atoms with van der Waals surface area (Å²) in [7, 11) is 0. The largest absolute Gasteiger partial charge is 0.484 e. The second-order valence-corrected chi connectivity index (χ2v) is 6.88. The molecule has 0 aliphatic carbocycles. The third-order valence-electron chi connectivity index (χ3n) is 4.88. The topological polar surface area (TPSA) is 71.5 Å². The van der Waals surface area contributed by atoms with Crippen molar-refractivity contribution in [3.05, 3.63) is 59.4 Å². The standard InChI is InChI=1S/C21H25N3O3/c1-15-6-7-18(13-16(15)2)27-14-20(25)23-17-8-11-24(12-9-17)21(26)19-5-3-4-10-22-19/h3-7,10,13,17H,8-9,11-12,14H2,1-2H3,(H,23,25). The molecule has 3 rings (SSSR count). The first-order valence-corrected chi connectivity index (χ1v) is 9.22. The number of hydrogen-bond donors (Lipinski definition) is 1. The summed E-state index contributed by atoms with van der Waals surface area (Å²) < 4.78 is 5.58. The van der Waals surface area contributed by atoms with Gasteiger partial charge in [-0.3, -0.25) is 14.6 Å². The summed E-state index contributed by atoms with van der Waals surface area (Å²) in [6.07, 6.45) is 3.08. The predicted octanol–water partition coefficient (Wildman–Crippen LogP) is 2.50. The number of carbonyl (C=O) groups is 2. The zero-order valence-electron chi connectivity index (χ0n) is 15.8. The maximum absolute atomic E-state index is 12.4. The van der Waals surface area contributed by atoms with Crippen molar-refractivity contribution in [1.29, 1.82) is 0 Å². The molecular weight excluding hydrogens is 342 g/mol.